The Morgan fingerprint density at radius 1 is 1.56 bits per heavy atom. The first-order valence-electron chi connectivity index (χ1n) is 6.10. The maximum Gasteiger partial charge on any atom is 0.215 e. The summed E-state index contributed by atoms with van der Waals surface area (Å²) < 4.78 is 31.6. The Bertz CT molecular complexity index is 493. The lowest BCUT2D eigenvalue weighted by Crippen LogP contribution is -2.39. The Labute approximate surface area is 107 Å². The first kappa shape index (κ1) is 13.5. The predicted octanol–water partition coefficient (Wildman–Crippen LogP) is 0.543. The molecule has 1 atom stereocenters. The van der Waals surface area contributed by atoms with Gasteiger partial charge in [0.25, 0.3) is 0 Å². The number of hydrogen-bond acceptors (Lipinski definition) is 5. The quantitative estimate of drug-likeness (QED) is 0.757. The summed E-state index contributed by atoms with van der Waals surface area (Å²) in [4.78, 5) is 3.95. The van der Waals surface area contributed by atoms with Gasteiger partial charge in [0.1, 0.15) is 5.76 Å². The lowest BCUT2D eigenvalue weighted by Gasteiger charge is -2.13. The lowest BCUT2D eigenvalue weighted by atomic mass is 10.4. The first-order valence-corrected chi connectivity index (χ1v) is 7.65. The molecule has 1 fully saturated rings. The van der Waals surface area contributed by atoms with Gasteiger partial charge in [-0.05, 0) is 26.7 Å². The van der Waals surface area contributed by atoms with Crippen LogP contribution in [-0.2, 0) is 16.6 Å². The lowest BCUT2D eigenvalue weighted by molar-refractivity contribution is 0.462. The summed E-state index contributed by atoms with van der Waals surface area (Å²) in [5.74, 6) is 1.06. The molecule has 0 aliphatic heterocycles. The second-order valence-electron chi connectivity index (χ2n) is 4.72. The van der Waals surface area contributed by atoms with Crippen molar-refractivity contribution in [2.45, 2.75) is 44.5 Å². The van der Waals surface area contributed by atoms with E-state index in [0.29, 0.717) is 24.2 Å². The highest BCUT2D eigenvalue weighted by Crippen LogP contribution is 2.18. The van der Waals surface area contributed by atoms with Crippen molar-refractivity contribution in [3.8, 4) is 0 Å². The molecule has 2 rings (SSSR count). The van der Waals surface area contributed by atoms with Crippen LogP contribution in [0.3, 0.4) is 0 Å². The summed E-state index contributed by atoms with van der Waals surface area (Å²) >= 11 is 0. The zero-order valence-electron chi connectivity index (χ0n) is 10.6. The molecule has 1 aliphatic rings. The highest BCUT2D eigenvalue weighted by molar-refractivity contribution is 7.90. The summed E-state index contributed by atoms with van der Waals surface area (Å²) in [6, 6.07) is 0.511. The van der Waals surface area contributed by atoms with E-state index < -0.39 is 15.3 Å². The number of nitrogens with one attached hydrogen (secondary N) is 2. The maximum absolute atomic E-state index is 11.9. The summed E-state index contributed by atoms with van der Waals surface area (Å²) in [7, 11) is -3.33. The molecule has 2 N–H and O–H groups in total. The molecule has 1 aliphatic carbocycles. The minimum Gasteiger partial charge on any atom is -0.445 e. The van der Waals surface area contributed by atoms with E-state index in [4.69, 9.17) is 4.42 Å². The first-order chi connectivity index (χ1) is 8.47. The van der Waals surface area contributed by atoms with Crippen LogP contribution in [0.4, 0.5) is 0 Å². The van der Waals surface area contributed by atoms with Gasteiger partial charge in [-0.25, -0.2) is 18.1 Å². The third-order valence-electron chi connectivity index (χ3n) is 2.89. The largest absolute Gasteiger partial charge is 0.445 e. The molecule has 0 saturated heterocycles. The van der Waals surface area contributed by atoms with E-state index in [2.05, 4.69) is 15.0 Å². The summed E-state index contributed by atoms with van der Waals surface area (Å²) in [6.07, 6.45) is 3.87. The Kier molecular flexibility index (Phi) is 4.04. The van der Waals surface area contributed by atoms with Crippen molar-refractivity contribution < 1.29 is 12.8 Å². The standard InChI is InChI=1S/C11H19N3O3S/c1-8-5-13-11(17-8)7-14-18(15,16)9(2)6-12-10-3-4-10/h5,9-10,12,14H,3-4,6-7H2,1-2H3. The topological polar surface area (TPSA) is 84.2 Å². The second kappa shape index (κ2) is 5.38. The minimum absolute atomic E-state index is 0.101. The third kappa shape index (κ3) is 3.79. The van der Waals surface area contributed by atoms with Crippen LogP contribution in [0.25, 0.3) is 0 Å². The number of nitrogens with zero attached hydrogens (tertiary/aromatic N) is 1. The Morgan fingerprint density at radius 2 is 2.28 bits per heavy atom. The molecule has 18 heavy (non-hydrogen) atoms. The van der Waals surface area contributed by atoms with Gasteiger partial charge in [0.15, 0.2) is 0 Å². The van der Waals surface area contributed by atoms with Gasteiger partial charge < -0.3 is 9.73 Å². The molecule has 102 valence electrons. The van der Waals surface area contributed by atoms with Gasteiger partial charge in [0, 0.05) is 12.6 Å². The Balaban J connectivity index is 1.81. The second-order valence-corrected chi connectivity index (χ2v) is 6.91. The van der Waals surface area contributed by atoms with E-state index in [0.717, 1.165) is 12.8 Å². The van der Waals surface area contributed by atoms with E-state index in [1.54, 1.807) is 20.0 Å². The maximum atomic E-state index is 11.9. The molecule has 1 aromatic rings. The molecule has 0 amide bonds. The molecule has 7 heteroatoms. The molecule has 1 saturated carbocycles. The van der Waals surface area contributed by atoms with Gasteiger partial charge in [0.05, 0.1) is 18.0 Å². The van der Waals surface area contributed by atoms with E-state index in [1.807, 2.05) is 0 Å². The summed E-state index contributed by atoms with van der Waals surface area (Å²) in [5.41, 5.74) is 0. The average molecular weight is 273 g/mol. The fraction of sp³-hybridized carbons (Fsp3) is 0.727. The van der Waals surface area contributed by atoms with Crippen molar-refractivity contribution in [2.75, 3.05) is 6.54 Å². The van der Waals surface area contributed by atoms with Crippen LogP contribution in [0.1, 0.15) is 31.4 Å². The summed E-state index contributed by atoms with van der Waals surface area (Å²) in [6.45, 7) is 4.04. The van der Waals surface area contributed by atoms with Crippen LogP contribution in [0, 0.1) is 6.92 Å². The van der Waals surface area contributed by atoms with Crippen molar-refractivity contribution in [1.29, 1.82) is 0 Å². The van der Waals surface area contributed by atoms with Gasteiger partial charge in [0.2, 0.25) is 15.9 Å². The SMILES string of the molecule is Cc1cnc(CNS(=O)(=O)C(C)CNC2CC2)o1. The van der Waals surface area contributed by atoms with Crippen molar-refractivity contribution in [3.63, 3.8) is 0 Å². The van der Waals surface area contributed by atoms with Gasteiger partial charge >= 0.3 is 0 Å². The fourth-order valence-electron chi connectivity index (χ4n) is 1.52. The van der Waals surface area contributed by atoms with Crippen LogP contribution in [0.2, 0.25) is 0 Å². The Morgan fingerprint density at radius 3 is 2.83 bits per heavy atom. The number of aromatic nitrogens is 1. The third-order valence-corrected chi connectivity index (χ3v) is 4.67. The molecule has 0 aromatic carbocycles. The van der Waals surface area contributed by atoms with E-state index in [9.17, 15) is 8.42 Å². The fourth-order valence-corrected chi connectivity index (χ4v) is 2.44. The molecule has 0 spiro atoms. The monoisotopic (exact) mass is 273 g/mol. The van der Waals surface area contributed by atoms with E-state index >= 15 is 0 Å². The number of aryl methyl sites for hydroxylation is 1. The smallest absolute Gasteiger partial charge is 0.215 e. The van der Waals surface area contributed by atoms with Crippen LogP contribution in [-0.4, -0.2) is 31.2 Å². The molecule has 0 radical (unpaired) electrons. The van der Waals surface area contributed by atoms with Crippen LogP contribution in [0.5, 0.6) is 0 Å². The van der Waals surface area contributed by atoms with Crippen LogP contribution in [0.15, 0.2) is 10.6 Å². The van der Waals surface area contributed by atoms with Crippen molar-refractivity contribution in [1.82, 2.24) is 15.0 Å². The number of rotatable bonds is 7. The number of oxazole rings is 1. The van der Waals surface area contributed by atoms with Gasteiger partial charge in [-0.1, -0.05) is 0 Å². The van der Waals surface area contributed by atoms with Crippen molar-refractivity contribution >= 4 is 10.0 Å². The Hall–Kier alpha value is -0.920. The van der Waals surface area contributed by atoms with Gasteiger partial charge in [-0.3, -0.25) is 0 Å². The van der Waals surface area contributed by atoms with E-state index in [1.165, 1.54) is 0 Å². The molecule has 6 nitrogen and oxygen atoms in total. The predicted molar refractivity (Wildman–Crippen MR) is 67.5 cm³/mol. The number of sulfonamides is 1. The average Bonchev–Trinajstić information content (AvgIpc) is 3.06. The molecular weight excluding hydrogens is 254 g/mol. The van der Waals surface area contributed by atoms with Crippen molar-refractivity contribution in [2.24, 2.45) is 0 Å². The molecule has 1 aromatic heterocycles. The minimum atomic E-state index is -3.33. The van der Waals surface area contributed by atoms with Crippen LogP contribution < -0.4 is 10.0 Å². The van der Waals surface area contributed by atoms with E-state index in [-0.39, 0.29) is 6.54 Å². The highest BCUT2D eigenvalue weighted by Gasteiger charge is 2.25. The molecule has 1 unspecified atom stereocenters. The zero-order chi connectivity index (χ0) is 13.2. The van der Waals surface area contributed by atoms with Gasteiger partial charge in [-0.15, -0.1) is 0 Å². The summed E-state index contributed by atoms with van der Waals surface area (Å²) in [5, 5.41) is 2.74. The molecule has 0 bridgehead atoms. The van der Waals surface area contributed by atoms with Gasteiger partial charge in [-0.2, -0.15) is 0 Å². The zero-order valence-corrected chi connectivity index (χ0v) is 11.5. The normalized spacial score (nSPS) is 17.9. The number of hydrogen-bond donors (Lipinski definition) is 2. The molecule has 1 heterocycles. The van der Waals surface area contributed by atoms with Crippen LogP contribution >= 0.6 is 0 Å². The molecular formula is C11H19N3O3S. The van der Waals surface area contributed by atoms with Crippen molar-refractivity contribution in [3.05, 3.63) is 17.8 Å². The highest BCUT2D eigenvalue weighted by atomic mass is 32.2.